The third-order valence-corrected chi connectivity index (χ3v) is 4.14. The highest BCUT2D eigenvalue weighted by Crippen LogP contribution is 2.16. The van der Waals surface area contributed by atoms with E-state index in [2.05, 4.69) is 48.2 Å². The number of aliphatic hydroxyl groups excluding tert-OH is 1. The maximum Gasteiger partial charge on any atom is 0.118 e. The van der Waals surface area contributed by atoms with Crippen LogP contribution in [-0.2, 0) is 17.8 Å². The number of rotatable bonds is 10. The highest BCUT2D eigenvalue weighted by molar-refractivity contribution is 5.27. The van der Waals surface area contributed by atoms with Crippen LogP contribution in [0.4, 0.5) is 0 Å². The van der Waals surface area contributed by atoms with Crippen molar-refractivity contribution in [3.63, 3.8) is 0 Å². The second-order valence-corrected chi connectivity index (χ2v) is 7.04. The topological polar surface area (TPSA) is 41.9 Å². The van der Waals surface area contributed by atoms with Crippen LogP contribution in [0.1, 0.15) is 30.5 Å². The minimum Gasteiger partial charge on any atom is -0.497 e. The molecule has 0 unspecified atom stereocenters. The molecule has 1 atom stereocenters. The van der Waals surface area contributed by atoms with Crippen molar-refractivity contribution in [2.45, 2.75) is 46.1 Å². The van der Waals surface area contributed by atoms with E-state index in [0.717, 1.165) is 18.8 Å². The molecule has 0 aliphatic rings. The molecule has 0 aromatic heterocycles. The highest BCUT2D eigenvalue weighted by Gasteiger charge is 2.14. The minimum absolute atomic E-state index is 0.122. The zero-order valence-electron chi connectivity index (χ0n) is 16.3. The Kier molecular flexibility index (Phi) is 8.10. The normalized spacial score (nSPS) is 12.6. The van der Waals surface area contributed by atoms with Crippen LogP contribution in [0.25, 0.3) is 0 Å². The first-order valence-corrected chi connectivity index (χ1v) is 9.16. The summed E-state index contributed by atoms with van der Waals surface area (Å²) in [6, 6.07) is 16.6. The molecule has 142 valence electrons. The number of aryl methyl sites for hydroxylation is 1. The van der Waals surface area contributed by atoms with Crippen LogP contribution in [0.3, 0.4) is 0 Å². The summed E-state index contributed by atoms with van der Waals surface area (Å²) in [5, 5.41) is 10.4. The van der Waals surface area contributed by atoms with E-state index in [1.54, 1.807) is 7.11 Å². The quantitative estimate of drug-likeness (QED) is 0.702. The zero-order valence-corrected chi connectivity index (χ0v) is 16.3. The van der Waals surface area contributed by atoms with Crippen molar-refractivity contribution in [3.8, 4) is 5.75 Å². The molecule has 1 N–H and O–H groups in total. The van der Waals surface area contributed by atoms with Gasteiger partial charge in [-0.3, -0.25) is 4.90 Å². The summed E-state index contributed by atoms with van der Waals surface area (Å²) in [6.07, 6.45) is -0.392. The number of benzene rings is 2. The smallest absolute Gasteiger partial charge is 0.118 e. The Morgan fingerprint density at radius 3 is 2.31 bits per heavy atom. The van der Waals surface area contributed by atoms with Gasteiger partial charge in [-0.15, -0.1) is 0 Å². The van der Waals surface area contributed by atoms with E-state index in [4.69, 9.17) is 9.47 Å². The summed E-state index contributed by atoms with van der Waals surface area (Å²) in [6.45, 7) is 8.52. The molecule has 0 saturated carbocycles. The SMILES string of the molecule is COc1ccc(CN(Cc2cccc(C)c2)C[C@H](O)COC(C)C)cc1. The van der Waals surface area contributed by atoms with Gasteiger partial charge in [-0.1, -0.05) is 42.0 Å². The highest BCUT2D eigenvalue weighted by atomic mass is 16.5. The van der Waals surface area contributed by atoms with Crippen molar-refractivity contribution in [1.82, 2.24) is 4.90 Å². The van der Waals surface area contributed by atoms with E-state index < -0.39 is 6.10 Å². The zero-order chi connectivity index (χ0) is 18.9. The summed E-state index contributed by atoms with van der Waals surface area (Å²) in [5.74, 6) is 0.851. The van der Waals surface area contributed by atoms with Gasteiger partial charge in [0.25, 0.3) is 0 Å². The Morgan fingerprint density at radius 2 is 1.69 bits per heavy atom. The molecule has 0 radical (unpaired) electrons. The van der Waals surface area contributed by atoms with Crippen molar-refractivity contribution in [2.24, 2.45) is 0 Å². The van der Waals surface area contributed by atoms with Gasteiger partial charge in [0.1, 0.15) is 5.75 Å². The number of hydrogen-bond acceptors (Lipinski definition) is 4. The second kappa shape index (κ2) is 10.3. The van der Waals surface area contributed by atoms with Gasteiger partial charge in [0.2, 0.25) is 0 Å². The number of nitrogens with zero attached hydrogens (tertiary/aromatic N) is 1. The van der Waals surface area contributed by atoms with Crippen LogP contribution >= 0.6 is 0 Å². The van der Waals surface area contributed by atoms with Gasteiger partial charge in [-0.05, 0) is 44.0 Å². The van der Waals surface area contributed by atoms with Gasteiger partial charge in [-0.25, -0.2) is 0 Å². The first-order chi connectivity index (χ1) is 12.5. The first kappa shape index (κ1) is 20.4. The molecule has 4 nitrogen and oxygen atoms in total. The molecule has 2 aromatic carbocycles. The van der Waals surface area contributed by atoms with Gasteiger partial charge < -0.3 is 14.6 Å². The van der Waals surface area contributed by atoms with E-state index in [0.29, 0.717) is 13.2 Å². The van der Waals surface area contributed by atoms with E-state index in [-0.39, 0.29) is 6.10 Å². The molecule has 0 spiro atoms. The predicted octanol–water partition coefficient (Wildman–Crippen LogP) is 3.79. The molecular weight excluding hydrogens is 326 g/mol. The third kappa shape index (κ3) is 7.16. The van der Waals surface area contributed by atoms with E-state index in [9.17, 15) is 5.11 Å². The Hall–Kier alpha value is -1.88. The van der Waals surface area contributed by atoms with Crippen molar-refractivity contribution in [3.05, 3.63) is 65.2 Å². The fourth-order valence-corrected chi connectivity index (χ4v) is 2.90. The molecule has 0 aliphatic heterocycles. The van der Waals surface area contributed by atoms with Crippen LogP contribution in [0.5, 0.6) is 5.75 Å². The monoisotopic (exact) mass is 357 g/mol. The second-order valence-electron chi connectivity index (χ2n) is 7.04. The van der Waals surface area contributed by atoms with Gasteiger partial charge in [-0.2, -0.15) is 0 Å². The lowest BCUT2D eigenvalue weighted by atomic mass is 10.1. The van der Waals surface area contributed by atoms with Crippen molar-refractivity contribution >= 4 is 0 Å². The van der Waals surface area contributed by atoms with Crippen LogP contribution in [0.15, 0.2) is 48.5 Å². The fraction of sp³-hybridized carbons (Fsp3) is 0.455. The van der Waals surface area contributed by atoms with Gasteiger partial charge >= 0.3 is 0 Å². The number of hydrogen-bond donors (Lipinski definition) is 1. The van der Waals surface area contributed by atoms with Crippen molar-refractivity contribution in [2.75, 3.05) is 20.3 Å². The largest absolute Gasteiger partial charge is 0.497 e. The van der Waals surface area contributed by atoms with E-state index >= 15 is 0 Å². The first-order valence-electron chi connectivity index (χ1n) is 9.16. The van der Waals surface area contributed by atoms with Crippen LogP contribution in [0, 0.1) is 6.92 Å². The molecule has 0 saturated heterocycles. The Balaban J connectivity index is 2.06. The Bertz CT molecular complexity index is 655. The summed E-state index contributed by atoms with van der Waals surface area (Å²) in [4.78, 5) is 2.25. The van der Waals surface area contributed by atoms with Crippen LogP contribution in [0.2, 0.25) is 0 Å². The molecular formula is C22H31NO3. The molecule has 0 heterocycles. The van der Waals surface area contributed by atoms with Gasteiger partial charge in [0.15, 0.2) is 0 Å². The minimum atomic E-state index is -0.513. The summed E-state index contributed by atoms with van der Waals surface area (Å²) < 4.78 is 10.8. The molecule has 0 aliphatic carbocycles. The molecule has 4 heteroatoms. The Morgan fingerprint density at radius 1 is 1.00 bits per heavy atom. The summed E-state index contributed by atoms with van der Waals surface area (Å²) in [7, 11) is 1.67. The lowest BCUT2D eigenvalue weighted by Gasteiger charge is -2.26. The van der Waals surface area contributed by atoms with Gasteiger partial charge in [0, 0.05) is 19.6 Å². The summed E-state index contributed by atoms with van der Waals surface area (Å²) in [5.41, 5.74) is 3.68. The lowest BCUT2D eigenvalue weighted by molar-refractivity contribution is -0.0106. The maximum atomic E-state index is 10.4. The number of methoxy groups -OCH3 is 1. The Labute approximate surface area is 157 Å². The molecule has 0 fully saturated rings. The van der Waals surface area contributed by atoms with E-state index in [1.807, 2.05) is 26.0 Å². The average Bonchev–Trinajstić information content (AvgIpc) is 2.60. The van der Waals surface area contributed by atoms with Crippen molar-refractivity contribution < 1.29 is 14.6 Å². The maximum absolute atomic E-state index is 10.4. The molecule has 0 bridgehead atoms. The fourth-order valence-electron chi connectivity index (χ4n) is 2.90. The molecule has 26 heavy (non-hydrogen) atoms. The molecule has 0 amide bonds. The summed E-state index contributed by atoms with van der Waals surface area (Å²) >= 11 is 0. The van der Waals surface area contributed by atoms with E-state index in [1.165, 1.54) is 16.7 Å². The number of ether oxygens (including phenoxy) is 2. The van der Waals surface area contributed by atoms with Crippen molar-refractivity contribution in [1.29, 1.82) is 0 Å². The van der Waals surface area contributed by atoms with Gasteiger partial charge in [0.05, 0.1) is 25.9 Å². The van der Waals surface area contributed by atoms with Crippen LogP contribution in [-0.4, -0.2) is 42.5 Å². The lowest BCUT2D eigenvalue weighted by Crippen LogP contribution is -2.34. The molecule has 2 rings (SSSR count). The third-order valence-electron chi connectivity index (χ3n) is 4.14. The molecule has 2 aromatic rings. The number of aliphatic hydroxyl groups is 1. The van der Waals surface area contributed by atoms with Crippen LogP contribution < -0.4 is 4.74 Å². The average molecular weight is 357 g/mol. The standard InChI is InChI=1S/C22H31NO3/c1-17(2)26-16-21(24)15-23(14-20-7-5-6-18(3)12-20)13-19-8-10-22(25-4)11-9-19/h5-12,17,21,24H,13-16H2,1-4H3/t21-/m0/s1. The predicted molar refractivity (Wildman–Crippen MR) is 105 cm³/mol.